The summed E-state index contributed by atoms with van der Waals surface area (Å²) in [6.07, 6.45) is 4.09. The van der Waals surface area contributed by atoms with Crippen LogP contribution in [0.4, 0.5) is 0 Å². The Morgan fingerprint density at radius 1 is 1.24 bits per heavy atom. The maximum Gasteiger partial charge on any atom is 0.0242 e. The fourth-order valence-corrected chi connectivity index (χ4v) is 2.61. The number of hydrogen-bond acceptors (Lipinski definition) is 2. The van der Waals surface area contributed by atoms with Crippen LogP contribution in [0.15, 0.2) is 18.2 Å². The van der Waals surface area contributed by atoms with E-state index in [4.69, 9.17) is 5.73 Å². The average Bonchev–Trinajstić information content (AvgIpc) is 2.21. The number of aryl methyl sites for hydroxylation is 2. The molecule has 17 heavy (non-hydrogen) atoms. The zero-order chi connectivity index (χ0) is 12.3. The van der Waals surface area contributed by atoms with Crippen LogP contribution in [0.25, 0.3) is 0 Å². The Morgan fingerprint density at radius 2 is 1.88 bits per heavy atom. The van der Waals surface area contributed by atoms with E-state index in [1.807, 2.05) is 0 Å². The molecule has 0 amide bonds. The van der Waals surface area contributed by atoms with Crippen LogP contribution in [0, 0.1) is 13.8 Å². The van der Waals surface area contributed by atoms with Crippen LogP contribution in [-0.4, -0.2) is 24.0 Å². The van der Waals surface area contributed by atoms with Crippen LogP contribution < -0.4 is 5.73 Å². The maximum atomic E-state index is 5.73. The third-order valence-electron chi connectivity index (χ3n) is 4.01. The molecule has 2 nitrogen and oxygen atoms in total. The van der Waals surface area contributed by atoms with Gasteiger partial charge in [0.05, 0.1) is 0 Å². The number of nitrogens with two attached hydrogens (primary N) is 1. The molecule has 0 bridgehead atoms. The van der Waals surface area contributed by atoms with Crippen molar-refractivity contribution in [1.29, 1.82) is 0 Å². The van der Waals surface area contributed by atoms with Crippen LogP contribution in [0.2, 0.25) is 0 Å². The van der Waals surface area contributed by atoms with Crippen molar-refractivity contribution in [3.8, 4) is 0 Å². The summed E-state index contributed by atoms with van der Waals surface area (Å²) >= 11 is 0. The van der Waals surface area contributed by atoms with Crippen LogP contribution in [0.3, 0.4) is 0 Å². The topological polar surface area (TPSA) is 29.3 Å². The summed E-state index contributed by atoms with van der Waals surface area (Å²) in [6, 6.07) is 7.34. The van der Waals surface area contributed by atoms with Gasteiger partial charge in [-0.05, 0) is 43.4 Å². The van der Waals surface area contributed by atoms with Crippen molar-refractivity contribution in [2.45, 2.75) is 45.7 Å². The first-order valence-corrected chi connectivity index (χ1v) is 6.71. The Balaban J connectivity index is 2.10. The largest absolute Gasteiger partial charge is 0.329 e. The van der Waals surface area contributed by atoms with Gasteiger partial charge in [0.15, 0.2) is 0 Å². The number of nitrogens with zero attached hydrogens (tertiary/aromatic N) is 1. The molecule has 1 aromatic carbocycles. The van der Waals surface area contributed by atoms with Gasteiger partial charge < -0.3 is 5.73 Å². The first-order valence-electron chi connectivity index (χ1n) is 6.71. The molecular formula is C15H24N2. The van der Waals surface area contributed by atoms with Crippen molar-refractivity contribution in [2.24, 2.45) is 5.73 Å². The quantitative estimate of drug-likeness (QED) is 0.845. The highest BCUT2D eigenvalue weighted by molar-refractivity contribution is 5.33. The molecular weight excluding hydrogens is 208 g/mol. The summed E-state index contributed by atoms with van der Waals surface area (Å²) in [6.45, 7) is 7.29. The second kappa shape index (κ2) is 5.65. The fraction of sp³-hybridized carbons (Fsp3) is 0.600. The van der Waals surface area contributed by atoms with Gasteiger partial charge >= 0.3 is 0 Å². The number of rotatable bonds is 5. The molecule has 0 heterocycles. The number of hydrogen-bond donors (Lipinski definition) is 1. The molecule has 2 heteroatoms. The van der Waals surface area contributed by atoms with Crippen LogP contribution >= 0.6 is 0 Å². The van der Waals surface area contributed by atoms with Crippen LogP contribution in [0.5, 0.6) is 0 Å². The van der Waals surface area contributed by atoms with Gasteiger partial charge in [-0.25, -0.2) is 0 Å². The first kappa shape index (κ1) is 12.6. The molecule has 2 N–H and O–H groups in total. The van der Waals surface area contributed by atoms with E-state index in [9.17, 15) is 0 Å². The third-order valence-corrected chi connectivity index (χ3v) is 4.01. The predicted molar refractivity (Wildman–Crippen MR) is 73.0 cm³/mol. The summed E-state index contributed by atoms with van der Waals surface area (Å²) in [4.78, 5) is 2.57. The lowest BCUT2D eigenvalue weighted by molar-refractivity contribution is 0.123. The second-order valence-corrected chi connectivity index (χ2v) is 5.21. The van der Waals surface area contributed by atoms with E-state index in [0.29, 0.717) is 0 Å². The van der Waals surface area contributed by atoms with Gasteiger partial charge in [-0.2, -0.15) is 0 Å². The van der Waals surface area contributed by atoms with Crippen LogP contribution in [-0.2, 0) is 6.54 Å². The van der Waals surface area contributed by atoms with Gasteiger partial charge in [-0.15, -0.1) is 0 Å². The van der Waals surface area contributed by atoms with Crippen molar-refractivity contribution in [1.82, 2.24) is 4.90 Å². The Bertz CT molecular complexity index is 349. The zero-order valence-electron chi connectivity index (χ0n) is 11.1. The van der Waals surface area contributed by atoms with E-state index in [2.05, 4.69) is 36.9 Å². The Kier molecular flexibility index (Phi) is 4.19. The normalized spacial score (nSPS) is 16.2. The summed E-state index contributed by atoms with van der Waals surface area (Å²) in [5.74, 6) is 0. The molecule has 0 saturated heterocycles. The molecule has 1 saturated carbocycles. The van der Waals surface area contributed by atoms with E-state index in [0.717, 1.165) is 25.7 Å². The Hall–Kier alpha value is -0.860. The highest BCUT2D eigenvalue weighted by atomic mass is 15.2. The minimum Gasteiger partial charge on any atom is -0.329 e. The minimum absolute atomic E-state index is 0.765. The second-order valence-electron chi connectivity index (χ2n) is 5.21. The average molecular weight is 232 g/mol. The monoisotopic (exact) mass is 232 g/mol. The summed E-state index contributed by atoms with van der Waals surface area (Å²) < 4.78 is 0. The van der Waals surface area contributed by atoms with Gasteiger partial charge in [0.2, 0.25) is 0 Å². The molecule has 94 valence electrons. The van der Waals surface area contributed by atoms with Crippen molar-refractivity contribution < 1.29 is 0 Å². The molecule has 2 rings (SSSR count). The van der Waals surface area contributed by atoms with E-state index < -0.39 is 0 Å². The van der Waals surface area contributed by atoms with E-state index in [-0.39, 0.29) is 0 Å². The van der Waals surface area contributed by atoms with E-state index in [1.165, 1.54) is 36.0 Å². The Morgan fingerprint density at radius 3 is 2.35 bits per heavy atom. The molecule has 1 aliphatic carbocycles. The molecule has 1 aromatic rings. The van der Waals surface area contributed by atoms with Crippen molar-refractivity contribution in [3.63, 3.8) is 0 Å². The maximum absolute atomic E-state index is 5.73. The lowest BCUT2D eigenvalue weighted by Gasteiger charge is -2.38. The third kappa shape index (κ3) is 2.88. The molecule has 1 aliphatic rings. The number of benzene rings is 1. The standard InChI is InChI=1S/C15H24N2/c1-12-5-3-6-13(2)15(12)11-17(10-9-16)14-7-4-8-14/h3,5-6,14H,4,7-11,16H2,1-2H3. The lowest BCUT2D eigenvalue weighted by atomic mass is 9.90. The summed E-state index contributed by atoms with van der Waals surface area (Å²) in [5, 5.41) is 0. The van der Waals surface area contributed by atoms with Gasteiger partial charge in [-0.3, -0.25) is 4.90 Å². The van der Waals surface area contributed by atoms with Gasteiger partial charge in [-0.1, -0.05) is 24.6 Å². The first-order chi connectivity index (χ1) is 8.22. The highest BCUT2D eigenvalue weighted by Crippen LogP contribution is 2.27. The van der Waals surface area contributed by atoms with Crippen molar-refractivity contribution in [2.75, 3.05) is 13.1 Å². The molecule has 0 spiro atoms. The molecule has 0 aromatic heterocycles. The van der Waals surface area contributed by atoms with Gasteiger partial charge in [0, 0.05) is 25.7 Å². The highest BCUT2D eigenvalue weighted by Gasteiger charge is 2.24. The predicted octanol–water partition coefficient (Wildman–Crippen LogP) is 2.62. The van der Waals surface area contributed by atoms with Gasteiger partial charge in [0.25, 0.3) is 0 Å². The Labute approximate surface area is 105 Å². The van der Waals surface area contributed by atoms with Crippen molar-refractivity contribution in [3.05, 3.63) is 34.9 Å². The molecule has 0 radical (unpaired) electrons. The van der Waals surface area contributed by atoms with Gasteiger partial charge in [0.1, 0.15) is 0 Å². The molecule has 1 fully saturated rings. The zero-order valence-corrected chi connectivity index (χ0v) is 11.1. The lowest BCUT2D eigenvalue weighted by Crippen LogP contribution is -2.42. The molecule has 0 atom stereocenters. The van der Waals surface area contributed by atoms with E-state index in [1.54, 1.807) is 0 Å². The summed E-state index contributed by atoms with van der Waals surface area (Å²) in [5.41, 5.74) is 10.0. The smallest absolute Gasteiger partial charge is 0.0242 e. The molecule has 0 aliphatic heterocycles. The fourth-order valence-electron chi connectivity index (χ4n) is 2.61. The molecule has 0 unspecified atom stereocenters. The van der Waals surface area contributed by atoms with Crippen LogP contribution in [0.1, 0.15) is 36.0 Å². The SMILES string of the molecule is Cc1cccc(C)c1CN(CCN)C1CCC1. The minimum atomic E-state index is 0.765. The van der Waals surface area contributed by atoms with Crippen molar-refractivity contribution >= 4 is 0 Å². The summed E-state index contributed by atoms with van der Waals surface area (Å²) in [7, 11) is 0. The van der Waals surface area contributed by atoms with E-state index >= 15 is 0 Å².